The summed E-state index contributed by atoms with van der Waals surface area (Å²) in [5.41, 5.74) is 3.87. The standard InChI is InChI=1S/C22H25FN2S/c1-26-20-8-9-22-21(14-20)17(15-24-22)13-19-3-2-11-25(19)12-10-16-4-6-18(23)7-5-16/h4-9,14-15,19,24H,2-3,10-13H2,1H3. The molecule has 4 heteroatoms. The molecule has 1 fully saturated rings. The number of aromatic nitrogens is 1. The van der Waals surface area contributed by atoms with Crippen molar-refractivity contribution in [2.45, 2.75) is 36.6 Å². The number of hydrogen-bond acceptors (Lipinski definition) is 2. The number of aromatic amines is 1. The zero-order valence-corrected chi connectivity index (χ0v) is 16.0. The predicted molar refractivity (Wildman–Crippen MR) is 108 cm³/mol. The Morgan fingerprint density at radius 2 is 2.04 bits per heavy atom. The van der Waals surface area contributed by atoms with Gasteiger partial charge in [-0.05, 0) is 79.9 Å². The molecule has 2 heterocycles. The fourth-order valence-electron chi connectivity index (χ4n) is 4.05. The average molecular weight is 369 g/mol. The van der Waals surface area contributed by atoms with Crippen molar-refractivity contribution in [1.82, 2.24) is 9.88 Å². The maximum absolute atomic E-state index is 13.1. The first kappa shape index (κ1) is 17.6. The monoisotopic (exact) mass is 368 g/mol. The molecule has 1 saturated heterocycles. The number of nitrogens with zero attached hydrogens (tertiary/aromatic N) is 1. The molecular weight excluding hydrogens is 343 g/mol. The molecule has 0 bridgehead atoms. The van der Waals surface area contributed by atoms with Gasteiger partial charge >= 0.3 is 0 Å². The molecular formula is C22H25FN2S. The van der Waals surface area contributed by atoms with E-state index in [9.17, 15) is 4.39 Å². The summed E-state index contributed by atoms with van der Waals surface area (Å²) in [5.74, 6) is -0.156. The SMILES string of the molecule is CSc1ccc2[nH]cc(CC3CCCN3CCc3ccc(F)cc3)c2c1. The quantitative estimate of drug-likeness (QED) is 0.597. The minimum Gasteiger partial charge on any atom is -0.361 e. The summed E-state index contributed by atoms with van der Waals surface area (Å²) >= 11 is 1.79. The molecule has 0 radical (unpaired) electrons. The second kappa shape index (κ2) is 7.85. The van der Waals surface area contributed by atoms with E-state index in [2.05, 4.69) is 40.5 Å². The van der Waals surface area contributed by atoms with E-state index in [0.717, 1.165) is 19.4 Å². The minimum atomic E-state index is -0.156. The molecule has 0 saturated carbocycles. The van der Waals surface area contributed by atoms with Gasteiger partial charge in [-0.15, -0.1) is 11.8 Å². The number of benzene rings is 2. The molecule has 2 nitrogen and oxygen atoms in total. The van der Waals surface area contributed by atoms with E-state index in [1.54, 1.807) is 23.9 Å². The number of halogens is 1. The Kier molecular flexibility index (Phi) is 5.32. The van der Waals surface area contributed by atoms with Crippen LogP contribution in [-0.4, -0.2) is 35.3 Å². The third kappa shape index (κ3) is 3.81. The Hall–Kier alpha value is -1.78. The Morgan fingerprint density at radius 1 is 1.19 bits per heavy atom. The highest BCUT2D eigenvalue weighted by atomic mass is 32.2. The third-order valence-electron chi connectivity index (χ3n) is 5.53. The van der Waals surface area contributed by atoms with Gasteiger partial charge in [0, 0.05) is 34.6 Å². The van der Waals surface area contributed by atoms with Crippen molar-refractivity contribution in [3.8, 4) is 0 Å². The van der Waals surface area contributed by atoms with Gasteiger partial charge in [0.15, 0.2) is 0 Å². The van der Waals surface area contributed by atoms with Crippen molar-refractivity contribution in [2.75, 3.05) is 19.3 Å². The van der Waals surface area contributed by atoms with Gasteiger partial charge in [0.25, 0.3) is 0 Å². The van der Waals surface area contributed by atoms with E-state index in [0.29, 0.717) is 6.04 Å². The highest BCUT2D eigenvalue weighted by Crippen LogP contribution is 2.28. The molecule has 1 atom stereocenters. The molecule has 1 aliphatic rings. The summed E-state index contributed by atoms with van der Waals surface area (Å²) < 4.78 is 13.1. The summed E-state index contributed by atoms with van der Waals surface area (Å²) in [6, 6.07) is 14.2. The number of nitrogens with one attached hydrogen (secondary N) is 1. The molecule has 1 N–H and O–H groups in total. The molecule has 2 aromatic carbocycles. The van der Waals surface area contributed by atoms with Gasteiger partial charge in [-0.1, -0.05) is 12.1 Å². The van der Waals surface area contributed by atoms with Crippen LogP contribution >= 0.6 is 11.8 Å². The van der Waals surface area contributed by atoms with Crippen LogP contribution in [0.1, 0.15) is 24.0 Å². The van der Waals surface area contributed by atoms with Crippen LogP contribution in [0.25, 0.3) is 10.9 Å². The van der Waals surface area contributed by atoms with Gasteiger partial charge in [-0.3, -0.25) is 4.90 Å². The number of hydrogen-bond donors (Lipinski definition) is 1. The number of H-pyrrole nitrogens is 1. The molecule has 0 amide bonds. The number of fused-ring (bicyclic) bond motifs is 1. The molecule has 0 aliphatic carbocycles. The number of thioether (sulfide) groups is 1. The second-order valence-corrected chi connectivity index (χ2v) is 8.02. The maximum Gasteiger partial charge on any atom is 0.123 e. The van der Waals surface area contributed by atoms with Crippen LogP contribution in [0.15, 0.2) is 53.6 Å². The molecule has 4 rings (SSSR count). The normalized spacial score (nSPS) is 18.0. The third-order valence-corrected chi connectivity index (χ3v) is 6.26. The van der Waals surface area contributed by atoms with Crippen LogP contribution in [0.5, 0.6) is 0 Å². The first-order chi connectivity index (χ1) is 12.7. The first-order valence-corrected chi connectivity index (χ1v) is 10.6. The van der Waals surface area contributed by atoms with Crippen LogP contribution in [0.2, 0.25) is 0 Å². The van der Waals surface area contributed by atoms with Gasteiger partial charge in [-0.25, -0.2) is 4.39 Å². The lowest BCUT2D eigenvalue weighted by Crippen LogP contribution is -2.32. The van der Waals surface area contributed by atoms with E-state index in [-0.39, 0.29) is 5.82 Å². The lowest BCUT2D eigenvalue weighted by Gasteiger charge is -2.24. The van der Waals surface area contributed by atoms with E-state index in [4.69, 9.17) is 0 Å². The van der Waals surface area contributed by atoms with Crippen molar-refractivity contribution in [1.29, 1.82) is 0 Å². The lowest BCUT2D eigenvalue weighted by atomic mass is 10.0. The molecule has 0 spiro atoms. The molecule has 26 heavy (non-hydrogen) atoms. The molecule has 1 unspecified atom stereocenters. The summed E-state index contributed by atoms with van der Waals surface area (Å²) in [7, 11) is 0. The highest BCUT2D eigenvalue weighted by Gasteiger charge is 2.25. The molecule has 3 aromatic rings. The Bertz CT molecular complexity index is 871. The van der Waals surface area contributed by atoms with Crippen LogP contribution in [0.3, 0.4) is 0 Å². The van der Waals surface area contributed by atoms with Gasteiger partial charge < -0.3 is 4.98 Å². The number of likely N-dealkylation sites (tertiary alicyclic amines) is 1. The largest absolute Gasteiger partial charge is 0.361 e. The summed E-state index contributed by atoms with van der Waals surface area (Å²) in [6.45, 7) is 2.22. The topological polar surface area (TPSA) is 19.0 Å². The first-order valence-electron chi connectivity index (χ1n) is 9.35. The van der Waals surface area contributed by atoms with E-state index in [1.807, 2.05) is 12.1 Å². The predicted octanol–water partition coefficient (Wildman–Crippen LogP) is 5.28. The van der Waals surface area contributed by atoms with E-state index < -0.39 is 0 Å². The summed E-state index contributed by atoms with van der Waals surface area (Å²) in [6.07, 6.45) is 8.93. The van der Waals surface area contributed by atoms with E-state index >= 15 is 0 Å². The fraction of sp³-hybridized carbons (Fsp3) is 0.364. The van der Waals surface area contributed by atoms with Crippen molar-refractivity contribution in [2.24, 2.45) is 0 Å². The summed E-state index contributed by atoms with van der Waals surface area (Å²) in [4.78, 5) is 7.36. The van der Waals surface area contributed by atoms with Gasteiger partial charge in [0.05, 0.1) is 0 Å². The van der Waals surface area contributed by atoms with Crippen LogP contribution in [-0.2, 0) is 12.8 Å². The van der Waals surface area contributed by atoms with Crippen molar-refractivity contribution in [3.63, 3.8) is 0 Å². The fourth-order valence-corrected chi connectivity index (χ4v) is 4.49. The average Bonchev–Trinajstić information content (AvgIpc) is 3.28. The molecule has 1 aromatic heterocycles. The van der Waals surface area contributed by atoms with E-state index in [1.165, 1.54) is 46.3 Å². The maximum atomic E-state index is 13.1. The second-order valence-electron chi connectivity index (χ2n) is 7.14. The van der Waals surface area contributed by atoms with Gasteiger partial charge in [0.1, 0.15) is 5.82 Å². The zero-order chi connectivity index (χ0) is 17.9. The Labute approximate surface area is 158 Å². The van der Waals surface area contributed by atoms with Gasteiger partial charge in [-0.2, -0.15) is 0 Å². The van der Waals surface area contributed by atoms with Crippen LogP contribution in [0.4, 0.5) is 4.39 Å². The highest BCUT2D eigenvalue weighted by molar-refractivity contribution is 7.98. The number of rotatable bonds is 6. The van der Waals surface area contributed by atoms with Crippen molar-refractivity contribution in [3.05, 3.63) is 65.6 Å². The van der Waals surface area contributed by atoms with Gasteiger partial charge in [0.2, 0.25) is 0 Å². The Morgan fingerprint density at radius 3 is 2.85 bits per heavy atom. The minimum absolute atomic E-state index is 0.156. The zero-order valence-electron chi connectivity index (χ0n) is 15.2. The van der Waals surface area contributed by atoms with Crippen LogP contribution < -0.4 is 0 Å². The Balaban J connectivity index is 1.44. The molecule has 136 valence electrons. The van der Waals surface area contributed by atoms with Crippen LogP contribution in [0, 0.1) is 5.82 Å². The lowest BCUT2D eigenvalue weighted by molar-refractivity contribution is 0.256. The van der Waals surface area contributed by atoms with Crippen molar-refractivity contribution < 1.29 is 4.39 Å². The molecule has 1 aliphatic heterocycles. The smallest absolute Gasteiger partial charge is 0.123 e. The summed E-state index contributed by atoms with van der Waals surface area (Å²) in [5, 5.41) is 1.36. The van der Waals surface area contributed by atoms with Crippen molar-refractivity contribution >= 4 is 22.7 Å².